The molecule has 3 aromatic heterocycles. The van der Waals surface area contributed by atoms with Gasteiger partial charge in [0, 0.05) is 39.2 Å². The highest BCUT2D eigenvalue weighted by molar-refractivity contribution is 7.17. The molecule has 0 bridgehead atoms. The van der Waals surface area contributed by atoms with Crippen LogP contribution in [0, 0.1) is 0 Å². The summed E-state index contributed by atoms with van der Waals surface area (Å²) in [6.07, 6.45) is 5.41. The molecule has 3 heterocycles. The molecule has 3 heteroatoms. The topological polar surface area (TPSA) is 26.0 Å². The van der Waals surface area contributed by atoms with E-state index in [2.05, 4.69) is 34.6 Å². The maximum Gasteiger partial charge on any atom is 0.133 e. The number of fused-ring (bicyclic) bond motifs is 1. The molecule has 96 valence electrons. The van der Waals surface area contributed by atoms with E-state index in [1.807, 2.05) is 24.4 Å². The fourth-order valence-electron chi connectivity index (χ4n) is 2.37. The molecule has 0 saturated heterocycles. The van der Waals surface area contributed by atoms with Gasteiger partial charge in [-0.3, -0.25) is 4.98 Å². The molecule has 0 unspecified atom stereocenters. The number of nitrogens with zero attached hydrogens (tertiary/aromatic N) is 1. The fraction of sp³-hybridized carbons (Fsp3) is 0. The molecule has 0 N–H and O–H groups in total. The van der Waals surface area contributed by atoms with Crippen molar-refractivity contribution in [3.05, 3.63) is 66.5 Å². The van der Waals surface area contributed by atoms with E-state index >= 15 is 0 Å². The lowest BCUT2D eigenvalue weighted by Gasteiger charge is -2.00. The Hall–Kier alpha value is -2.39. The molecule has 4 aromatic rings. The number of hydrogen-bond donors (Lipinski definition) is 0. The molecule has 0 saturated carbocycles. The SMILES string of the molecule is c1cncc(-c2csc3cc(-c4ccco4)ccc23)c1. The monoisotopic (exact) mass is 277 g/mol. The standard InChI is InChI=1S/C17H11NOS/c1-3-13(10-18-7-1)15-11-20-17-9-12(5-6-14(15)17)16-4-2-8-19-16/h1-11H. The summed E-state index contributed by atoms with van der Waals surface area (Å²) in [5.41, 5.74) is 3.51. The molecule has 2 nitrogen and oxygen atoms in total. The zero-order valence-corrected chi connectivity index (χ0v) is 11.4. The van der Waals surface area contributed by atoms with Gasteiger partial charge in [-0.1, -0.05) is 18.2 Å². The summed E-state index contributed by atoms with van der Waals surface area (Å²) in [5.74, 6) is 0.906. The van der Waals surface area contributed by atoms with Crippen molar-refractivity contribution in [3.63, 3.8) is 0 Å². The highest BCUT2D eigenvalue weighted by Crippen LogP contribution is 2.36. The van der Waals surface area contributed by atoms with Crippen LogP contribution in [-0.4, -0.2) is 4.98 Å². The van der Waals surface area contributed by atoms with Gasteiger partial charge in [0.05, 0.1) is 6.26 Å². The molecule has 0 spiro atoms. The van der Waals surface area contributed by atoms with Crippen molar-refractivity contribution in [1.82, 2.24) is 4.98 Å². The second-order valence-corrected chi connectivity index (χ2v) is 5.49. The van der Waals surface area contributed by atoms with Crippen LogP contribution in [0.3, 0.4) is 0 Å². The van der Waals surface area contributed by atoms with Gasteiger partial charge in [-0.15, -0.1) is 11.3 Å². The number of pyridine rings is 1. The maximum atomic E-state index is 5.45. The summed E-state index contributed by atoms with van der Waals surface area (Å²) >= 11 is 1.75. The summed E-state index contributed by atoms with van der Waals surface area (Å²) in [6.45, 7) is 0. The van der Waals surface area contributed by atoms with Gasteiger partial charge in [0.2, 0.25) is 0 Å². The first-order valence-corrected chi connectivity index (χ1v) is 7.25. The third-order valence-electron chi connectivity index (χ3n) is 3.35. The largest absolute Gasteiger partial charge is 0.464 e. The lowest BCUT2D eigenvalue weighted by atomic mass is 10.0. The minimum absolute atomic E-state index is 0.906. The summed E-state index contributed by atoms with van der Waals surface area (Å²) in [7, 11) is 0. The highest BCUT2D eigenvalue weighted by atomic mass is 32.1. The lowest BCUT2D eigenvalue weighted by Crippen LogP contribution is -1.78. The number of hydrogen-bond acceptors (Lipinski definition) is 3. The Morgan fingerprint density at radius 3 is 2.80 bits per heavy atom. The summed E-state index contributed by atoms with van der Waals surface area (Å²) in [5, 5.41) is 3.45. The third kappa shape index (κ3) is 1.84. The predicted molar refractivity (Wildman–Crippen MR) is 82.8 cm³/mol. The van der Waals surface area contributed by atoms with Gasteiger partial charge >= 0.3 is 0 Å². The first-order valence-electron chi connectivity index (χ1n) is 6.37. The second-order valence-electron chi connectivity index (χ2n) is 4.58. The fourth-order valence-corrected chi connectivity index (χ4v) is 3.38. The van der Waals surface area contributed by atoms with Crippen LogP contribution < -0.4 is 0 Å². The van der Waals surface area contributed by atoms with Crippen molar-refractivity contribution in [3.8, 4) is 22.5 Å². The van der Waals surface area contributed by atoms with Crippen LogP contribution in [-0.2, 0) is 0 Å². The molecule has 20 heavy (non-hydrogen) atoms. The van der Waals surface area contributed by atoms with Gasteiger partial charge < -0.3 is 4.42 Å². The van der Waals surface area contributed by atoms with Crippen LogP contribution in [0.15, 0.2) is 70.9 Å². The minimum Gasteiger partial charge on any atom is -0.464 e. The van der Waals surface area contributed by atoms with Crippen LogP contribution in [0.2, 0.25) is 0 Å². The van der Waals surface area contributed by atoms with E-state index in [4.69, 9.17) is 4.42 Å². The molecular weight excluding hydrogens is 266 g/mol. The van der Waals surface area contributed by atoms with Crippen LogP contribution in [0.5, 0.6) is 0 Å². The van der Waals surface area contributed by atoms with Crippen molar-refractivity contribution in [1.29, 1.82) is 0 Å². The molecule has 1 aromatic carbocycles. The Morgan fingerprint density at radius 1 is 1.00 bits per heavy atom. The molecule has 0 amide bonds. The highest BCUT2D eigenvalue weighted by Gasteiger charge is 2.08. The Balaban J connectivity index is 1.87. The van der Waals surface area contributed by atoms with E-state index in [0.29, 0.717) is 0 Å². The maximum absolute atomic E-state index is 5.45. The van der Waals surface area contributed by atoms with Crippen LogP contribution in [0.4, 0.5) is 0 Å². The zero-order chi connectivity index (χ0) is 13.4. The molecule has 0 fully saturated rings. The Bertz CT molecular complexity index is 847. The van der Waals surface area contributed by atoms with Gasteiger partial charge in [0.1, 0.15) is 5.76 Å². The van der Waals surface area contributed by atoms with E-state index in [1.54, 1.807) is 23.8 Å². The van der Waals surface area contributed by atoms with Crippen molar-refractivity contribution in [2.24, 2.45) is 0 Å². The van der Waals surface area contributed by atoms with Crippen molar-refractivity contribution in [2.45, 2.75) is 0 Å². The second kappa shape index (κ2) is 4.62. The number of benzene rings is 1. The number of thiophene rings is 1. The van der Waals surface area contributed by atoms with E-state index in [1.165, 1.54) is 15.6 Å². The average molecular weight is 277 g/mol. The number of rotatable bonds is 2. The number of aromatic nitrogens is 1. The molecule has 4 rings (SSSR count). The molecule has 0 atom stereocenters. The Morgan fingerprint density at radius 2 is 2.00 bits per heavy atom. The zero-order valence-electron chi connectivity index (χ0n) is 10.6. The van der Waals surface area contributed by atoms with Gasteiger partial charge in [0.25, 0.3) is 0 Å². The van der Waals surface area contributed by atoms with E-state index < -0.39 is 0 Å². The van der Waals surface area contributed by atoms with E-state index in [9.17, 15) is 0 Å². The van der Waals surface area contributed by atoms with Gasteiger partial charge in [0.15, 0.2) is 0 Å². The normalized spacial score (nSPS) is 11.0. The first-order chi connectivity index (χ1) is 9.92. The first kappa shape index (κ1) is 11.4. The smallest absolute Gasteiger partial charge is 0.133 e. The van der Waals surface area contributed by atoms with E-state index in [-0.39, 0.29) is 0 Å². The summed E-state index contributed by atoms with van der Waals surface area (Å²) < 4.78 is 6.72. The van der Waals surface area contributed by atoms with Gasteiger partial charge in [-0.2, -0.15) is 0 Å². The third-order valence-corrected chi connectivity index (χ3v) is 4.30. The van der Waals surface area contributed by atoms with Crippen molar-refractivity contribution in [2.75, 3.05) is 0 Å². The van der Waals surface area contributed by atoms with Gasteiger partial charge in [-0.25, -0.2) is 0 Å². The Labute approximate surface area is 120 Å². The Kier molecular flexibility index (Phi) is 2.64. The predicted octanol–water partition coefficient (Wildman–Crippen LogP) is 5.22. The molecule has 0 aliphatic rings. The van der Waals surface area contributed by atoms with Crippen molar-refractivity contribution >= 4 is 21.4 Å². The summed E-state index contributed by atoms with van der Waals surface area (Å²) in [6, 6.07) is 14.4. The van der Waals surface area contributed by atoms with E-state index in [0.717, 1.165) is 16.9 Å². The summed E-state index contributed by atoms with van der Waals surface area (Å²) in [4.78, 5) is 4.20. The van der Waals surface area contributed by atoms with Crippen LogP contribution >= 0.6 is 11.3 Å². The van der Waals surface area contributed by atoms with Gasteiger partial charge in [-0.05, 0) is 29.6 Å². The number of furan rings is 1. The van der Waals surface area contributed by atoms with Crippen molar-refractivity contribution < 1.29 is 4.42 Å². The minimum atomic E-state index is 0.906. The average Bonchev–Trinajstić information content (AvgIpc) is 3.17. The quantitative estimate of drug-likeness (QED) is 0.502. The molecular formula is C17H11NOS. The molecule has 0 radical (unpaired) electrons. The molecule has 0 aliphatic heterocycles. The molecule has 0 aliphatic carbocycles. The van der Waals surface area contributed by atoms with Crippen LogP contribution in [0.25, 0.3) is 32.5 Å². The lowest BCUT2D eigenvalue weighted by molar-refractivity contribution is 0.582. The van der Waals surface area contributed by atoms with Crippen LogP contribution in [0.1, 0.15) is 0 Å².